The number of rotatable bonds is 3. The number of aromatic nitrogens is 2. The van der Waals surface area contributed by atoms with Gasteiger partial charge in [-0.3, -0.25) is 9.89 Å². The number of hydrogen-bond acceptors (Lipinski definition) is 3. The van der Waals surface area contributed by atoms with Crippen LogP contribution >= 0.6 is 0 Å². The molecule has 2 aromatic rings. The maximum absolute atomic E-state index is 12.3. The van der Waals surface area contributed by atoms with Crippen LogP contribution < -0.4 is 5.32 Å². The van der Waals surface area contributed by atoms with E-state index in [0.29, 0.717) is 22.9 Å². The lowest BCUT2D eigenvalue weighted by Gasteiger charge is -2.06. The van der Waals surface area contributed by atoms with Crippen molar-refractivity contribution in [2.24, 2.45) is 0 Å². The molecule has 1 aromatic heterocycles. The molecule has 1 heterocycles. The van der Waals surface area contributed by atoms with Gasteiger partial charge < -0.3 is 5.32 Å². The SMILES string of the molecule is Cc1cc(C#N)ccc1C(=O)Nc1cc(C2CCCC2)[nH]n1. The molecule has 1 fully saturated rings. The highest BCUT2D eigenvalue weighted by Gasteiger charge is 2.20. The minimum Gasteiger partial charge on any atom is -0.305 e. The lowest BCUT2D eigenvalue weighted by atomic mass is 10.0. The van der Waals surface area contributed by atoms with E-state index in [1.807, 2.05) is 13.0 Å². The number of amides is 1. The van der Waals surface area contributed by atoms with Crippen molar-refractivity contribution in [1.82, 2.24) is 10.2 Å². The molecule has 5 nitrogen and oxygen atoms in total. The van der Waals surface area contributed by atoms with Crippen molar-refractivity contribution in [2.45, 2.75) is 38.5 Å². The van der Waals surface area contributed by atoms with Gasteiger partial charge in [0, 0.05) is 23.2 Å². The topological polar surface area (TPSA) is 81.6 Å². The van der Waals surface area contributed by atoms with Crippen LogP contribution in [0.1, 0.15) is 58.8 Å². The normalized spacial score (nSPS) is 14.7. The summed E-state index contributed by atoms with van der Waals surface area (Å²) in [7, 11) is 0. The van der Waals surface area contributed by atoms with Gasteiger partial charge in [0.15, 0.2) is 5.82 Å². The van der Waals surface area contributed by atoms with Crippen LogP contribution in [0.3, 0.4) is 0 Å². The summed E-state index contributed by atoms with van der Waals surface area (Å²) in [5.41, 5.74) is 2.99. The second kappa shape index (κ2) is 6.02. The highest BCUT2D eigenvalue weighted by molar-refractivity contribution is 6.04. The van der Waals surface area contributed by atoms with Gasteiger partial charge in [-0.25, -0.2) is 0 Å². The Labute approximate surface area is 129 Å². The van der Waals surface area contributed by atoms with Gasteiger partial charge in [-0.1, -0.05) is 12.8 Å². The fraction of sp³-hybridized carbons (Fsp3) is 0.353. The summed E-state index contributed by atoms with van der Waals surface area (Å²) in [6.07, 6.45) is 4.89. The van der Waals surface area contributed by atoms with E-state index in [2.05, 4.69) is 21.6 Å². The van der Waals surface area contributed by atoms with Gasteiger partial charge in [-0.2, -0.15) is 10.4 Å². The zero-order valence-electron chi connectivity index (χ0n) is 12.5. The Morgan fingerprint density at radius 1 is 1.36 bits per heavy atom. The fourth-order valence-electron chi connectivity index (χ4n) is 3.02. The molecule has 1 saturated carbocycles. The minimum absolute atomic E-state index is 0.202. The fourth-order valence-corrected chi connectivity index (χ4v) is 3.02. The quantitative estimate of drug-likeness (QED) is 0.909. The van der Waals surface area contributed by atoms with Crippen molar-refractivity contribution >= 4 is 11.7 Å². The Kier molecular flexibility index (Phi) is 3.92. The van der Waals surface area contributed by atoms with Crippen LogP contribution in [-0.4, -0.2) is 16.1 Å². The Hall–Kier alpha value is -2.61. The highest BCUT2D eigenvalue weighted by atomic mass is 16.1. The number of carbonyl (C=O) groups is 1. The third-order valence-corrected chi connectivity index (χ3v) is 4.23. The van der Waals surface area contributed by atoms with Gasteiger partial charge in [-0.05, 0) is 43.5 Å². The van der Waals surface area contributed by atoms with Crippen LogP contribution in [0.5, 0.6) is 0 Å². The van der Waals surface area contributed by atoms with Crippen molar-refractivity contribution in [3.63, 3.8) is 0 Å². The highest BCUT2D eigenvalue weighted by Crippen LogP contribution is 2.33. The van der Waals surface area contributed by atoms with Gasteiger partial charge in [0.2, 0.25) is 0 Å². The third-order valence-electron chi connectivity index (χ3n) is 4.23. The maximum atomic E-state index is 12.3. The first-order valence-electron chi connectivity index (χ1n) is 7.55. The average molecular weight is 294 g/mol. The summed E-state index contributed by atoms with van der Waals surface area (Å²) in [6.45, 7) is 1.82. The molecule has 5 heteroatoms. The molecule has 2 N–H and O–H groups in total. The molecule has 3 rings (SSSR count). The molecule has 1 aromatic carbocycles. The van der Waals surface area contributed by atoms with Crippen molar-refractivity contribution in [3.8, 4) is 6.07 Å². The van der Waals surface area contributed by atoms with Gasteiger partial charge >= 0.3 is 0 Å². The molecule has 1 amide bonds. The molecule has 0 radical (unpaired) electrons. The Balaban J connectivity index is 1.73. The number of carbonyl (C=O) groups excluding carboxylic acids is 1. The largest absolute Gasteiger partial charge is 0.305 e. The predicted molar refractivity (Wildman–Crippen MR) is 83.6 cm³/mol. The molecule has 0 atom stereocenters. The summed E-state index contributed by atoms with van der Waals surface area (Å²) in [6, 6.07) is 9.03. The van der Waals surface area contributed by atoms with Gasteiger partial charge in [-0.15, -0.1) is 0 Å². The molecular formula is C17H18N4O. The van der Waals surface area contributed by atoms with E-state index in [-0.39, 0.29) is 5.91 Å². The van der Waals surface area contributed by atoms with Gasteiger partial charge in [0.25, 0.3) is 5.91 Å². The first kappa shape index (κ1) is 14.3. The molecule has 1 aliphatic carbocycles. The number of benzene rings is 1. The summed E-state index contributed by atoms with van der Waals surface area (Å²) in [5, 5.41) is 18.9. The van der Waals surface area contributed by atoms with E-state index in [0.717, 1.165) is 11.3 Å². The molecule has 0 spiro atoms. The number of hydrogen-bond donors (Lipinski definition) is 2. The van der Waals surface area contributed by atoms with Crippen LogP contribution in [0.25, 0.3) is 0 Å². The second-order valence-corrected chi connectivity index (χ2v) is 5.79. The van der Waals surface area contributed by atoms with E-state index in [1.54, 1.807) is 18.2 Å². The minimum atomic E-state index is -0.202. The molecule has 0 bridgehead atoms. The van der Waals surface area contributed by atoms with Gasteiger partial charge in [0.1, 0.15) is 0 Å². The standard InChI is InChI=1S/C17H18N4O/c1-11-8-12(10-18)6-7-14(11)17(22)19-16-9-15(20-21-16)13-4-2-3-5-13/h6-9,13H,2-5H2,1H3,(H2,19,20,21,22). The lowest BCUT2D eigenvalue weighted by molar-refractivity contribution is 0.102. The van der Waals surface area contributed by atoms with Crippen LogP contribution in [0.2, 0.25) is 0 Å². The second-order valence-electron chi connectivity index (χ2n) is 5.79. The number of anilines is 1. The Morgan fingerprint density at radius 3 is 2.82 bits per heavy atom. The van der Waals surface area contributed by atoms with Crippen molar-refractivity contribution < 1.29 is 4.79 Å². The summed E-state index contributed by atoms with van der Waals surface area (Å²) < 4.78 is 0. The number of H-pyrrole nitrogens is 1. The van der Waals surface area contributed by atoms with E-state index >= 15 is 0 Å². The molecular weight excluding hydrogens is 276 g/mol. The zero-order valence-corrected chi connectivity index (χ0v) is 12.5. The number of aromatic amines is 1. The van der Waals surface area contributed by atoms with Crippen LogP contribution in [0, 0.1) is 18.3 Å². The van der Waals surface area contributed by atoms with E-state index < -0.39 is 0 Å². The number of nitrogens with zero attached hydrogens (tertiary/aromatic N) is 2. The summed E-state index contributed by atoms with van der Waals surface area (Å²) >= 11 is 0. The van der Waals surface area contributed by atoms with Crippen molar-refractivity contribution in [3.05, 3.63) is 46.6 Å². The van der Waals surface area contributed by atoms with Crippen molar-refractivity contribution in [1.29, 1.82) is 5.26 Å². The maximum Gasteiger partial charge on any atom is 0.257 e. The average Bonchev–Trinajstić information content (AvgIpc) is 3.17. The molecule has 22 heavy (non-hydrogen) atoms. The Morgan fingerprint density at radius 2 is 2.14 bits per heavy atom. The van der Waals surface area contributed by atoms with E-state index in [4.69, 9.17) is 5.26 Å². The number of nitriles is 1. The van der Waals surface area contributed by atoms with Crippen LogP contribution in [0.15, 0.2) is 24.3 Å². The molecule has 0 aliphatic heterocycles. The van der Waals surface area contributed by atoms with Crippen molar-refractivity contribution in [2.75, 3.05) is 5.32 Å². The Bertz CT molecular complexity index is 735. The van der Waals surface area contributed by atoms with Gasteiger partial charge in [0.05, 0.1) is 11.6 Å². The first-order chi connectivity index (χ1) is 10.7. The first-order valence-corrected chi connectivity index (χ1v) is 7.55. The predicted octanol–water partition coefficient (Wildman–Crippen LogP) is 3.50. The molecule has 0 unspecified atom stereocenters. The smallest absolute Gasteiger partial charge is 0.257 e. The van der Waals surface area contributed by atoms with E-state index in [1.165, 1.54) is 25.7 Å². The lowest BCUT2D eigenvalue weighted by Crippen LogP contribution is -2.13. The zero-order chi connectivity index (χ0) is 15.5. The molecule has 0 saturated heterocycles. The molecule has 1 aliphatic rings. The number of nitrogens with one attached hydrogen (secondary N) is 2. The molecule has 112 valence electrons. The van der Waals surface area contributed by atoms with E-state index in [9.17, 15) is 4.79 Å². The van der Waals surface area contributed by atoms with Crippen LogP contribution in [0.4, 0.5) is 5.82 Å². The summed E-state index contributed by atoms with van der Waals surface area (Å²) in [4.78, 5) is 12.3. The monoisotopic (exact) mass is 294 g/mol. The summed E-state index contributed by atoms with van der Waals surface area (Å²) in [5.74, 6) is 0.886. The third kappa shape index (κ3) is 2.86. The van der Waals surface area contributed by atoms with Crippen LogP contribution in [-0.2, 0) is 0 Å². The number of aryl methyl sites for hydroxylation is 1.